The maximum atomic E-state index is 5.80. The van der Waals surface area contributed by atoms with E-state index in [1.165, 1.54) is 7.11 Å². The van der Waals surface area contributed by atoms with Crippen molar-refractivity contribution in [3.63, 3.8) is 0 Å². The summed E-state index contributed by atoms with van der Waals surface area (Å²) in [6.45, 7) is 4.20. The van der Waals surface area contributed by atoms with E-state index in [4.69, 9.17) is 9.15 Å². The maximum Gasteiger partial charge on any atom is 0.322 e. The standard InChI is InChI=1S/C20H18N6O2/c1-3-12-21-18-24-19(26-20(25-18)27-2)22-14-10-8-13(9-11-14)17-23-15-6-4-5-7-16(15)28-17/h3-11H,1,12H2,2H3,(H2,21,22,24,25,26). The molecule has 2 N–H and O–H groups in total. The van der Waals surface area contributed by atoms with Crippen molar-refractivity contribution in [1.82, 2.24) is 19.9 Å². The average Bonchev–Trinajstić information content (AvgIpc) is 3.17. The van der Waals surface area contributed by atoms with Gasteiger partial charge in [-0.25, -0.2) is 4.98 Å². The summed E-state index contributed by atoms with van der Waals surface area (Å²) < 4.78 is 10.9. The number of anilines is 3. The predicted octanol–water partition coefficient (Wildman–Crippen LogP) is 4.03. The van der Waals surface area contributed by atoms with Crippen molar-refractivity contribution >= 4 is 28.7 Å². The Hall–Kier alpha value is -3.94. The molecule has 0 aliphatic rings. The quantitative estimate of drug-likeness (QED) is 0.468. The number of hydrogen-bond donors (Lipinski definition) is 2. The third-order valence-electron chi connectivity index (χ3n) is 3.88. The molecule has 0 fully saturated rings. The largest absolute Gasteiger partial charge is 0.467 e. The first kappa shape index (κ1) is 17.5. The number of fused-ring (bicyclic) bond motifs is 1. The van der Waals surface area contributed by atoms with Crippen molar-refractivity contribution < 1.29 is 9.15 Å². The second kappa shape index (κ2) is 7.75. The van der Waals surface area contributed by atoms with Crippen molar-refractivity contribution in [3.8, 4) is 17.5 Å². The van der Waals surface area contributed by atoms with E-state index in [1.807, 2.05) is 48.5 Å². The fourth-order valence-corrected chi connectivity index (χ4v) is 2.57. The Morgan fingerprint density at radius 1 is 1.00 bits per heavy atom. The molecule has 2 aromatic carbocycles. The summed E-state index contributed by atoms with van der Waals surface area (Å²) >= 11 is 0. The summed E-state index contributed by atoms with van der Waals surface area (Å²) in [5.41, 5.74) is 3.28. The highest BCUT2D eigenvalue weighted by molar-refractivity contribution is 5.76. The molecule has 0 saturated heterocycles. The molecule has 0 saturated carbocycles. The minimum Gasteiger partial charge on any atom is -0.467 e. The Bertz CT molecular complexity index is 1070. The van der Waals surface area contributed by atoms with Crippen LogP contribution < -0.4 is 15.4 Å². The van der Waals surface area contributed by atoms with Gasteiger partial charge in [-0.3, -0.25) is 0 Å². The van der Waals surface area contributed by atoms with Crippen LogP contribution in [0.25, 0.3) is 22.6 Å². The molecule has 0 amide bonds. The van der Waals surface area contributed by atoms with Gasteiger partial charge < -0.3 is 19.8 Å². The summed E-state index contributed by atoms with van der Waals surface area (Å²) in [4.78, 5) is 17.2. The molecule has 8 nitrogen and oxygen atoms in total. The van der Waals surface area contributed by atoms with Crippen molar-refractivity contribution in [2.24, 2.45) is 0 Å². The van der Waals surface area contributed by atoms with Gasteiger partial charge >= 0.3 is 6.01 Å². The van der Waals surface area contributed by atoms with Crippen LogP contribution >= 0.6 is 0 Å². The molecule has 0 atom stereocenters. The molecule has 8 heteroatoms. The van der Waals surface area contributed by atoms with E-state index < -0.39 is 0 Å². The van der Waals surface area contributed by atoms with E-state index in [0.717, 1.165) is 22.4 Å². The van der Waals surface area contributed by atoms with Gasteiger partial charge in [-0.2, -0.15) is 15.0 Å². The predicted molar refractivity (Wildman–Crippen MR) is 108 cm³/mol. The summed E-state index contributed by atoms with van der Waals surface area (Å²) in [5.74, 6) is 1.34. The number of ether oxygens (including phenoxy) is 1. The lowest BCUT2D eigenvalue weighted by Gasteiger charge is -2.09. The molecular formula is C20H18N6O2. The van der Waals surface area contributed by atoms with Crippen LogP contribution in [-0.4, -0.2) is 33.6 Å². The third kappa shape index (κ3) is 3.75. The van der Waals surface area contributed by atoms with Crippen LogP contribution in [0.3, 0.4) is 0 Å². The van der Waals surface area contributed by atoms with Gasteiger partial charge in [-0.1, -0.05) is 18.2 Å². The van der Waals surface area contributed by atoms with Gasteiger partial charge in [0.05, 0.1) is 7.11 Å². The molecule has 0 aliphatic carbocycles. The number of methoxy groups -OCH3 is 1. The van der Waals surface area contributed by atoms with Gasteiger partial charge in [0.2, 0.25) is 17.8 Å². The van der Waals surface area contributed by atoms with Gasteiger partial charge in [-0.15, -0.1) is 6.58 Å². The van der Waals surface area contributed by atoms with E-state index in [-0.39, 0.29) is 6.01 Å². The fraction of sp³-hybridized carbons (Fsp3) is 0.100. The molecule has 2 heterocycles. The zero-order valence-electron chi connectivity index (χ0n) is 15.2. The molecule has 0 spiro atoms. The molecule has 0 radical (unpaired) electrons. The van der Waals surface area contributed by atoms with Crippen LogP contribution in [0, 0.1) is 0 Å². The topological polar surface area (TPSA) is 98.0 Å². The minimum absolute atomic E-state index is 0.215. The molecular weight excluding hydrogens is 356 g/mol. The molecule has 140 valence electrons. The van der Waals surface area contributed by atoms with Gasteiger partial charge in [0.25, 0.3) is 0 Å². The average molecular weight is 374 g/mol. The summed E-state index contributed by atoms with van der Waals surface area (Å²) in [5, 5.41) is 6.16. The number of aromatic nitrogens is 4. The Morgan fingerprint density at radius 2 is 1.79 bits per heavy atom. The number of nitrogens with zero attached hydrogens (tertiary/aromatic N) is 4. The fourth-order valence-electron chi connectivity index (χ4n) is 2.57. The van der Waals surface area contributed by atoms with Gasteiger partial charge in [0.1, 0.15) is 5.52 Å². The number of benzene rings is 2. The zero-order chi connectivity index (χ0) is 19.3. The van der Waals surface area contributed by atoms with Crippen molar-refractivity contribution in [2.45, 2.75) is 0 Å². The third-order valence-corrected chi connectivity index (χ3v) is 3.88. The van der Waals surface area contributed by atoms with Crippen LogP contribution in [0.15, 0.2) is 65.6 Å². The Morgan fingerprint density at radius 3 is 2.54 bits per heavy atom. The lowest BCUT2D eigenvalue weighted by molar-refractivity contribution is 0.379. The van der Waals surface area contributed by atoms with Crippen molar-refractivity contribution in [1.29, 1.82) is 0 Å². The van der Waals surface area contributed by atoms with E-state index in [1.54, 1.807) is 6.08 Å². The second-order valence-corrected chi connectivity index (χ2v) is 5.83. The van der Waals surface area contributed by atoms with Crippen LogP contribution in [0.5, 0.6) is 6.01 Å². The van der Waals surface area contributed by atoms with E-state index in [2.05, 4.69) is 37.1 Å². The van der Waals surface area contributed by atoms with Crippen molar-refractivity contribution in [3.05, 3.63) is 61.2 Å². The second-order valence-electron chi connectivity index (χ2n) is 5.83. The SMILES string of the molecule is C=CCNc1nc(Nc2ccc(-c3nc4ccccc4o3)cc2)nc(OC)n1. The number of rotatable bonds is 7. The molecule has 4 rings (SSSR count). The lowest BCUT2D eigenvalue weighted by Crippen LogP contribution is -2.08. The molecule has 2 aromatic heterocycles. The van der Waals surface area contributed by atoms with Crippen LogP contribution in [0.4, 0.5) is 17.6 Å². The van der Waals surface area contributed by atoms with E-state index in [9.17, 15) is 0 Å². The zero-order valence-corrected chi connectivity index (χ0v) is 15.2. The highest BCUT2D eigenvalue weighted by Crippen LogP contribution is 2.26. The molecule has 0 unspecified atom stereocenters. The number of oxazole rings is 1. The number of para-hydroxylation sites is 2. The first-order valence-electron chi connectivity index (χ1n) is 8.63. The lowest BCUT2D eigenvalue weighted by atomic mass is 10.2. The normalized spacial score (nSPS) is 10.6. The summed E-state index contributed by atoms with van der Waals surface area (Å²) in [6.07, 6.45) is 1.72. The molecule has 0 bridgehead atoms. The number of hydrogen-bond acceptors (Lipinski definition) is 8. The Labute approximate surface area is 161 Å². The molecule has 4 aromatic rings. The Balaban J connectivity index is 1.55. The highest BCUT2D eigenvalue weighted by Gasteiger charge is 2.09. The first-order valence-corrected chi connectivity index (χ1v) is 8.63. The van der Waals surface area contributed by atoms with E-state index in [0.29, 0.717) is 24.3 Å². The smallest absolute Gasteiger partial charge is 0.322 e. The maximum absolute atomic E-state index is 5.80. The van der Waals surface area contributed by atoms with Crippen LogP contribution in [0.2, 0.25) is 0 Å². The van der Waals surface area contributed by atoms with Crippen LogP contribution in [-0.2, 0) is 0 Å². The van der Waals surface area contributed by atoms with Gasteiger partial charge in [0.15, 0.2) is 5.58 Å². The van der Waals surface area contributed by atoms with Crippen LogP contribution in [0.1, 0.15) is 0 Å². The molecule has 28 heavy (non-hydrogen) atoms. The molecule has 0 aliphatic heterocycles. The summed E-state index contributed by atoms with van der Waals surface area (Å²) in [7, 11) is 1.51. The first-order chi connectivity index (χ1) is 13.7. The number of nitrogens with one attached hydrogen (secondary N) is 2. The monoisotopic (exact) mass is 374 g/mol. The summed E-state index contributed by atoms with van der Waals surface area (Å²) in [6, 6.07) is 15.5. The Kier molecular flexibility index (Phi) is 4.83. The van der Waals surface area contributed by atoms with Gasteiger partial charge in [-0.05, 0) is 36.4 Å². The van der Waals surface area contributed by atoms with E-state index >= 15 is 0 Å². The van der Waals surface area contributed by atoms with Crippen molar-refractivity contribution in [2.75, 3.05) is 24.3 Å². The van der Waals surface area contributed by atoms with Gasteiger partial charge in [0, 0.05) is 17.8 Å². The highest BCUT2D eigenvalue weighted by atomic mass is 16.5. The minimum atomic E-state index is 0.215.